The molecule has 1 aromatic carbocycles. The molecule has 3 rings (SSSR count). The lowest BCUT2D eigenvalue weighted by molar-refractivity contribution is -0.895. The van der Waals surface area contributed by atoms with Gasteiger partial charge in [0.05, 0.1) is 31.9 Å². The zero-order chi connectivity index (χ0) is 19.9. The maximum Gasteiger partial charge on any atom is 0.279 e. The maximum absolute atomic E-state index is 12.9. The second kappa shape index (κ2) is 10.2. The number of hydrogen-bond acceptors (Lipinski definition) is 4. The molecule has 28 heavy (non-hydrogen) atoms. The lowest BCUT2D eigenvalue weighted by Gasteiger charge is -2.32. The van der Waals surface area contributed by atoms with Gasteiger partial charge in [0.1, 0.15) is 10.1 Å². The van der Waals surface area contributed by atoms with Crippen LogP contribution >= 0.6 is 24.0 Å². The molecule has 0 unspecified atom stereocenters. The number of thiocarbonyl (C=S) groups is 1. The molecule has 0 saturated carbocycles. The van der Waals surface area contributed by atoms with E-state index < -0.39 is 0 Å². The molecule has 0 bridgehead atoms. The average Bonchev–Trinajstić information content (AvgIpc) is 3.23. The van der Waals surface area contributed by atoms with E-state index >= 15 is 0 Å². The first-order valence-corrected chi connectivity index (χ1v) is 11.0. The number of quaternary nitrogens is 1. The second-order valence-corrected chi connectivity index (χ2v) is 8.72. The summed E-state index contributed by atoms with van der Waals surface area (Å²) >= 11 is 6.87. The van der Waals surface area contributed by atoms with Gasteiger partial charge in [-0.05, 0) is 37.1 Å². The van der Waals surface area contributed by atoms with Crippen LogP contribution in [0.4, 0.5) is 10.1 Å². The van der Waals surface area contributed by atoms with Crippen molar-refractivity contribution in [2.75, 3.05) is 56.9 Å². The highest BCUT2D eigenvalue weighted by Gasteiger charge is 2.26. The number of benzene rings is 1. The van der Waals surface area contributed by atoms with Gasteiger partial charge in [-0.1, -0.05) is 24.0 Å². The quantitative estimate of drug-likeness (QED) is 0.677. The Balaban J connectivity index is 1.35. The predicted molar refractivity (Wildman–Crippen MR) is 113 cm³/mol. The van der Waals surface area contributed by atoms with Crippen molar-refractivity contribution < 1.29 is 18.9 Å². The number of amides is 2. The predicted octanol–water partition coefficient (Wildman–Crippen LogP) is 0.605. The Morgan fingerprint density at radius 3 is 2.36 bits per heavy atom. The molecule has 2 heterocycles. The highest BCUT2D eigenvalue weighted by Crippen LogP contribution is 2.16. The van der Waals surface area contributed by atoms with Crippen LogP contribution in [-0.4, -0.2) is 77.5 Å². The van der Waals surface area contributed by atoms with E-state index in [1.54, 1.807) is 12.1 Å². The Labute approximate surface area is 174 Å². The number of carbonyl (C=O) groups excluding carboxylic acids is 2. The van der Waals surface area contributed by atoms with Crippen molar-refractivity contribution in [1.82, 2.24) is 9.80 Å². The molecule has 152 valence electrons. The van der Waals surface area contributed by atoms with Crippen LogP contribution in [0.1, 0.15) is 12.8 Å². The summed E-state index contributed by atoms with van der Waals surface area (Å²) in [7, 11) is 0. The van der Waals surface area contributed by atoms with Gasteiger partial charge in [0.25, 0.3) is 5.91 Å². The van der Waals surface area contributed by atoms with Crippen LogP contribution in [0.5, 0.6) is 0 Å². The van der Waals surface area contributed by atoms with Crippen molar-refractivity contribution in [2.45, 2.75) is 12.8 Å². The fourth-order valence-corrected chi connectivity index (χ4v) is 4.57. The lowest BCUT2D eigenvalue weighted by atomic mass is 10.3. The van der Waals surface area contributed by atoms with E-state index in [2.05, 4.69) is 10.2 Å². The molecular formula is C19H26FN4O2S2+. The fourth-order valence-electron chi connectivity index (χ4n) is 3.42. The minimum absolute atomic E-state index is 0.104. The van der Waals surface area contributed by atoms with Crippen LogP contribution in [0, 0.1) is 5.82 Å². The monoisotopic (exact) mass is 425 g/mol. The number of thioether (sulfide) groups is 1. The maximum atomic E-state index is 12.9. The summed E-state index contributed by atoms with van der Waals surface area (Å²) in [6, 6.07) is 5.73. The minimum Gasteiger partial charge on any atom is -0.358 e. The topological polar surface area (TPSA) is 57.1 Å². The first-order valence-electron chi connectivity index (χ1n) is 9.60. The molecular weight excluding hydrogens is 399 g/mol. The number of likely N-dealkylation sites (tertiary alicyclic amines) is 1. The van der Waals surface area contributed by atoms with Crippen molar-refractivity contribution in [3.63, 3.8) is 0 Å². The van der Waals surface area contributed by atoms with Crippen molar-refractivity contribution in [3.05, 3.63) is 30.1 Å². The van der Waals surface area contributed by atoms with Crippen LogP contribution in [0.25, 0.3) is 0 Å². The number of hydrogen-bond donors (Lipinski definition) is 2. The largest absolute Gasteiger partial charge is 0.358 e. The van der Waals surface area contributed by atoms with Crippen molar-refractivity contribution in [3.8, 4) is 0 Å². The Hall–Kier alpha value is -1.71. The van der Waals surface area contributed by atoms with E-state index in [0.717, 1.165) is 35.4 Å². The molecule has 0 aromatic heterocycles. The number of halogens is 1. The van der Waals surface area contributed by atoms with Crippen LogP contribution in [0.15, 0.2) is 24.3 Å². The van der Waals surface area contributed by atoms with Gasteiger partial charge < -0.3 is 20.0 Å². The smallest absolute Gasteiger partial charge is 0.279 e. The number of rotatable bonds is 5. The van der Waals surface area contributed by atoms with Gasteiger partial charge in [-0.15, -0.1) is 0 Å². The zero-order valence-corrected chi connectivity index (χ0v) is 17.4. The molecule has 2 aliphatic heterocycles. The number of nitrogens with zero attached hydrogens (tertiary/aromatic N) is 2. The summed E-state index contributed by atoms with van der Waals surface area (Å²) < 4.78 is 13.7. The average molecular weight is 426 g/mol. The number of nitrogens with one attached hydrogen (secondary N) is 2. The molecule has 2 amide bonds. The van der Waals surface area contributed by atoms with Crippen molar-refractivity contribution in [2.24, 2.45) is 0 Å². The van der Waals surface area contributed by atoms with E-state index in [1.807, 2.05) is 4.90 Å². The molecule has 0 spiro atoms. The normalized spacial score (nSPS) is 17.6. The van der Waals surface area contributed by atoms with Gasteiger partial charge in [0, 0.05) is 18.8 Å². The van der Waals surface area contributed by atoms with Crippen molar-refractivity contribution >= 4 is 45.8 Å². The summed E-state index contributed by atoms with van der Waals surface area (Å²) in [5.74, 6) is 0.0634. The van der Waals surface area contributed by atoms with Crippen LogP contribution in [0.3, 0.4) is 0 Å². The SMILES string of the molecule is O=C(C[NH+]1CCN(C(=O)CSC(=S)N2CCCC2)CC1)Nc1ccc(F)cc1. The summed E-state index contributed by atoms with van der Waals surface area (Å²) in [4.78, 5) is 29.8. The van der Waals surface area contributed by atoms with E-state index in [9.17, 15) is 14.0 Å². The Kier molecular flexibility index (Phi) is 7.64. The molecule has 2 aliphatic rings. The number of carbonyl (C=O) groups is 2. The highest BCUT2D eigenvalue weighted by molar-refractivity contribution is 8.23. The molecule has 0 aliphatic carbocycles. The van der Waals surface area contributed by atoms with Gasteiger partial charge in [-0.2, -0.15) is 0 Å². The molecule has 6 nitrogen and oxygen atoms in total. The fraction of sp³-hybridized carbons (Fsp3) is 0.526. The first-order chi connectivity index (χ1) is 13.5. The molecule has 0 radical (unpaired) electrons. The second-order valence-electron chi connectivity index (χ2n) is 7.11. The van der Waals surface area contributed by atoms with Gasteiger partial charge in [0.15, 0.2) is 6.54 Å². The van der Waals surface area contributed by atoms with E-state index in [-0.39, 0.29) is 17.6 Å². The third-order valence-corrected chi connectivity index (χ3v) is 6.55. The minimum atomic E-state index is -0.330. The zero-order valence-electron chi connectivity index (χ0n) is 15.8. The van der Waals surface area contributed by atoms with Crippen LogP contribution in [-0.2, 0) is 9.59 Å². The summed E-state index contributed by atoms with van der Waals surface area (Å²) in [6.07, 6.45) is 2.35. The molecule has 2 N–H and O–H groups in total. The van der Waals surface area contributed by atoms with Gasteiger partial charge in [-0.25, -0.2) is 4.39 Å². The summed E-state index contributed by atoms with van der Waals surface area (Å²) in [6.45, 7) is 5.12. The Bertz CT molecular complexity index is 702. The van der Waals surface area contributed by atoms with Gasteiger partial charge in [0.2, 0.25) is 5.91 Å². The summed E-state index contributed by atoms with van der Waals surface area (Å²) in [5, 5.41) is 2.78. The van der Waals surface area contributed by atoms with E-state index in [0.29, 0.717) is 31.1 Å². The number of piperazine rings is 1. The summed E-state index contributed by atoms with van der Waals surface area (Å²) in [5.41, 5.74) is 0.589. The van der Waals surface area contributed by atoms with Crippen molar-refractivity contribution in [1.29, 1.82) is 0 Å². The lowest BCUT2D eigenvalue weighted by Crippen LogP contribution is -3.15. The van der Waals surface area contributed by atoms with Crippen LogP contribution < -0.4 is 10.2 Å². The standard InChI is InChI=1S/C19H25FN4O2S2/c20-15-3-5-16(6-4-15)21-17(25)13-22-9-11-23(12-10-22)18(26)14-28-19(27)24-7-1-2-8-24/h3-6H,1-2,7-14H2,(H,21,25)/p+1. The van der Waals surface area contributed by atoms with E-state index in [4.69, 9.17) is 12.2 Å². The molecule has 2 fully saturated rings. The Morgan fingerprint density at radius 1 is 1.07 bits per heavy atom. The number of anilines is 1. The third-order valence-electron chi connectivity index (χ3n) is 5.05. The third kappa shape index (κ3) is 6.15. The van der Waals surface area contributed by atoms with Crippen LogP contribution in [0.2, 0.25) is 0 Å². The highest BCUT2D eigenvalue weighted by atomic mass is 32.2. The van der Waals surface area contributed by atoms with Gasteiger partial charge in [-0.3, -0.25) is 9.59 Å². The molecule has 2 saturated heterocycles. The van der Waals surface area contributed by atoms with Gasteiger partial charge >= 0.3 is 0 Å². The van der Waals surface area contributed by atoms with E-state index in [1.165, 1.54) is 36.7 Å². The first kappa shape index (κ1) is 21.0. The molecule has 1 aromatic rings. The molecule has 0 atom stereocenters. The molecule has 9 heteroatoms. The Morgan fingerprint density at radius 2 is 1.71 bits per heavy atom.